The second kappa shape index (κ2) is 7.24. The van der Waals surface area contributed by atoms with Crippen LogP contribution in [0.2, 0.25) is 0 Å². The normalized spacial score (nSPS) is 20.1. The number of nitrogens with zero attached hydrogens (tertiary/aromatic N) is 5. The van der Waals surface area contributed by atoms with E-state index >= 15 is 0 Å². The summed E-state index contributed by atoms with van der Waals surface area (Å²) >= 11 is 0. The van der Waals surface area contributed by atoms with Gasteiger partial charge in [0.1, 0.15) is 5.82 Å². The molecule has 0 aliphatic carbocycles. The molecule has 2 rings (SSSR count). The van der Waals surface area contributed by atoms with Crippen molar-refractivity contribution in [3.8, 4) is 0 Å². The third-order valence-electron chi connectivity index (χ3n) is 4.67. The number of rotatable bonds is 5. The van der Waals surface area contributed by atoms with Gasteiger partial charge in [0.25, 0.3) is 0 Å². The zero-order valence-electron chi connectivity index (χ0n) is 14.5. The maximum absolute atomic E-state index is 12.5. The number of carbonyl (C=O) groups excluding carboxylic acids is 1. The topological polar surface area (TPSA) is 44.6 Å². The van der Waals surface area contributed by atoms with Crippen molar-refractivity contribution in [1.82, 2.24) is 24.3 Å². The van der Waals surface area contributed by atoms with Crippen LogP contribution in [-0.2, 0) is 11.8 Å². The molecule has 1 aromatic rings. The molecule has 1 aromatic heterocycles. The molecule has 1 aliphatic rings. The minimum absolute atomic E-state index is 0.187. The molecule has 0 spiro atoms. The zero-order chi connectivity index (χ0) is 16.3. The molecule has 1 atom stereocenters. The van der Waals surface area contributed by atoms with Crippen molar-refractivity contribution >= 4 is 5.91 Å². The van der Waals surface area contributed by atoms with Gasteiger partial charge in [-0.2, -0.15) is 0 Å². The van der Waals surface area contributed by atoms with Crippen LogP contribution < -0.4 is 0 Å². The Bertz CT molecular complexity index is 498. The van der Waals surface area contributed by atoms with Crippen molar-refractivity contribution in [2.45, 2.75) is 32.9 Å². The van der Waals surface area contributed by atoms with Crippen LogP contribution in [0.25, 0.3) is 0 Å². The molecular formula is C16H29N5O. The van der Waals surface area contributed by atoms with E-state index < -0.39 is 0 Å². The lowest BCUT2D eigenvalue weighted by molar-refractivity contribution is -0.135. The molecule has 0 N–H and O–H groups in total. The molecule has 6 heteroatoms. The number of aryl methyl sites for hydroxylation is 1. The third-order valence-corrected chi connectivity index (χ3v) is 4.67. The summed E-state index contributed by atoms with van der Waals surface area (Å²) in [4.78, 5) is 23.5. The van der Waals surface area contributed by atoms with Crippen LogP contribution in [0, 0.1) is 0 Å². The zero-order valence-corrected chi connectivity index (χ0v) is 14.5. The molecule has 1 fully saturated rings. The van der Waals surface area contributed by atoms with Crippen LogP contribution in [-0.4, -0.2) is 76.0 Å². The first kappa shape index (κ1) is 17.0. The summed E-state index contributed by atoms with van der Waals surface area (Å²) in [6, 6.07) is 0.568. The lowest BCUT2D eigenvalue weighted by Gasteiger charge is -2.41. The lowest BCUT2D eigenvalue weighted by atomic mass is 10.1. The van der Waals surface area contributed by atoms with Gasteiger partial charge in [0, 0.05) is 45.1 Å². The highest BCUT2D eigenvalue weighted by atomic mass is 16.2. The first-order chi connectivity index (χ1) is 10.4. The molecule has 1 amide bonds. The van der Waals surface area contributed by atoms with E-state index in [1.807, 2.05) is 31.4 Å². The molecule has 0 bridgehead atoms. The minimum atomic E-state index is 0.187. The van der Waals surface area contributed by atoms with Crippen molar-refractivity contribution < 1.29 is 4.79 Å². The minimum Gasteiger partial charge on any atom is -0.338 e. The van der Waals surface area contributed by atoms with E-state index in [0.717, 1.165) is 32.0 Å². The van der Waals surface area contributed by atoms with E-state index in [1.165, 1.54) is 0 Å². The molecule has 0 aromatic carbocycles. The predicted molar refractivity (Wildman–Crippen MR) is 87.5 cm³/mol. The van der Waals surface area contributed by atoms with Gasteiger partial charge in [-0.15, -0.1) is 0 Å². The van der Waals surface area contributed by atoms with Crippen molar-refractivity contribution in [3.63, 3.8) is 0 Å². The van der Waals surface area contributed by atoms with E-state index in [1.54, 1.807) is 0 Å². The Kier molecular flexibility index (Phi) is 5.58. The Morgan fingerprint density at radius 2 is 2.18 bits per heavy atom. The predicted octanol–water partition coefficient (Wildman–Crippen LogP) is 0.966. The fourth-order valence-corrected chi connectivity index (χ4v) is 2.86. The first-order valence-electron chi connectivity index (χ1n) is 8.13. The SMILES string of the molecule is CCN1CCN(C(=O)CN(C)C(C)C)C[C@H]1c1nccn1C. The number of imidazole rings is 1. The molecule has 1 saturated heterocycles. The molecule has 22 heavy (non-hydrogen) atoms. The van der Waals surface area contributed by atoms with Crippen LogP contribution in [0.3, 0.4) is 0 Å². The molecule has 6 nitrogen and oxygen atoms in total. The summed E-state index contributed by atoms with van der Waals surface area (Å²) in [6.07, 6.45) is 3.80. The van der Waals surface area contributed by atoms with Crippen molar-refractivity contribution in [3.05, 3.63) is 18.2 Å². The van der Waals surface area contributed by atoms with Gasteiger partial charge in [0.05, 0.1) is 12.6 Å². The number of aromatic nitrogens is 2. The highest BCUT2D eigenvalue weighted by molar-refractivity contribution is 5.78. The van der Waals surface area contributed by atoms with Crippen LogP contribution in [0.4, 0.5) is 0 Å². The van der Waals surface area contributed by atoms with E-state index in [0.29, 0.717) is 12.6 Å². The second-order valence-corrected chi connectivity index (χ2v) is 6.39. The monoisotopic (exact) mass is 307 g/mol. The van der Waals surface area contributed by atoms with Crippen LogP contribution in [0.5, 0.6) is 0 Å². The van der Waals surface area contributed by atoms with Crippen LogP contribution >= 0.6 is 0 Å². The fraction of sp³-hybridized carbons (Fsp3) is 0.750. The van der Waals surface area contributed by atoms with Gasteiger partial charge < -0.3 is 9.47 Å². The number of hydrogen-bond acceptors (Lipinski definition) is 4. The fourth-order valence-electron chi connectivity index (χ4n) is 2.86. The first-order valence-corrected chi connectivity index (χ1v) is 8.13. The van der Waals surface area contributed by atoms with Gasteiger partial charge in [0.15, 0.2) is 0 Å². The summed E-state index contributed by atoms with van der Waals surface area (Å²) in [5.74, 6) is 1.25. The van der Waals surface area contributed by atoms with Crippen LogP contribution in [0.15, 0.2) is 12.4 Å². The average Bonchev–Trinajstić information content (AvgIpc) is 2.92. The molecule has 0 radical (unpaired) electrons. The molecule has 2 heterocycles. The molecular weight excluding hydrogens is 278 g/mol. The quantitative estimate of drug-likeness (QED) is 0.813. The molecule has 1 aliphatic heterocycles. The largest absolute Gasteiger partial charge is 0.338 e. The Balaban J connectivity index is 2.07. The molecule has 124 valence electrons. The van der Waals surface area contributed by atoms with Gasteiger partial charge in [-0.3, -0.25) is 14.6 Å². The Morgan fingerprint density at radius 1 is 1.45 bits per heavy atom. The average molecular weight is 307 g/mol. The smallest absolute Gasteiger partial charge is 0.236 e. The van der Waals surface area contributed by atoms with E-state index in [-0.39, 0.29) is 11.9 Å². The summed E-state index contributed by atoms with van der Waals surface area (Å²) in [7, 11) is 4.02. The number of piperazine rings is 1. The van der Waals surface area contributed by atoms with E-state index in [9.17, 15) is 4.79 Å². The summed E-state index contributed by atoms with van der Waals surface area (Å²) in [5.41, 5.74) is 0. The summed E-state index contributed by atoms with van der Waals surface area (Å²) in [5, 5.41) is 0. The molecule has 0 unspecified atom stereocenters. The van der Waals surface area contributed by atoms with Gasteiger partial charge in [-0.1, -0.05) is 6.92 Å². The summed E-state index contributed by atoms with van der Waals surface area (Å²) < 4.78 is 2.06. The highest BCUT2D eigenvalue weighted by Gasteiger charge is 2.32. The van der Waals surface area contributed by atoms with Crippen molar-refractivity contribution in [1.29, 1.82) is 0 Å². The number of likely N-dealkylation sites (N-methyl/N-ethyl adjacent to an activating group) is 2. The van der Waals surface area contributed by atoms with Crippen molar-refractivity contribution in [2.75, 3.05) is 39.8 Å². The van der Waals surface area contributed by atoms with E-state index in [4.69, 9.17) is 0 Å². The van der Waals surface area contributed by atoms with Gasteiger partial charge in [0.2, 0.25) is 5.91 Å². The van der Waals surface area contributed by atoms with Gasteiger partial charge >= 0.3 is 0 Å². The Labute approximate surface area is 133 Å². The van der Waals surface area contributed by atoms with E-state index in [2.05, 4.69) is 40.1 Å². The Hall–Kier alpha value is -1.40. The lowest BCUT2D eigenvalue weighted by Crippen LogP contribution is -2.53. The highest BCUT2D eigenvalue weighted by Crippen LogP contribution is 2.23. The third kappa shape index (κ3) is 3.67. The second-order valence-electron chi connectivity index (χ2n) is 6.39. The van der Waals surface area contributed by atoms with Gasteiger partial charge in [-0.05, 0) is 27.4 Å². The maximum atomic E-state index is 12.5. The van der Waals surface area contributed by atoms with Crippen molar-refractivity contribution in [2.24, 2.45) is 7.05 Å². The maximum Gasteiger partial charge on any atom is 0.236 e. The molecule has 0 saturated carbocycles. The standard InChI is InChI=1S/C16H29N5O/c1-6-20-9-10-21(15(22)12-19(5)13(2)3)11-14(20)16-17-7-8-18(16)4/h7-8,13-14H,6,9-12H2,1-5H3/t14-/m0/s1. The summed E-state index contributed by atoms with van der Waals surface area (Å²) in [6.45, 7) is 10.3. The van der Waals surface area contributed by atoms with Gasteiger partial charge in [-0.25, -0.2) is 4.98 Å². The number of amides is 1. The number of hydrogen-bond donors (Lipinski definition) is 0. The van der Waals surface area contributed by atoms with Crippen LogP contribution in [0.1, 0.15) is 32.6 Å². The Morgan fingerprint density at radius 3 is 2.73 bits per heavy atom. The number of carbonyl (C=O) groups is 1.